The third-order valence-corrected chi connectivity index (χ3v) is 9.03. The molecule has 0 aliphatic carbocycles. The van der Waals surface area contributed by atoms with Crippen LogP contribution in [0.3, 0.4) is 0 Å². The number of thiazole rings is 1. The third-order valence-electron chi connectivity index (χ3n) is 6.90. The third kappa shape index (κ3) is 6.71. The number of carbonyl (C=O) groups excluding carboxylic acids is 1. The molecule has 0 N–H and O–H groups in total. The van der Waals surface area contributed by atoms with Gasteiger partial charge in [0.1, 0.15) is 18.1 Å². The van der Waals surface area contributed by atoms with Crippen molar-refractivity contribution in [1.29, 1.82) is 0 Å². The minimum atomic E-state index is -0.717. The van der Waals surface area contributed by atoms with Gasteiger partial charge in [-0.05, 0) is 76.8 Å². The van der Waals surface area contributed by atoms with Crippen LogP contribution in [0.4, 0.5) is 0 Å². The van der Waals surface area contributed by atoms with Crippen molar-refractivity contribution in [3.05, 3.63) is 123 Å². The number of methoxy groups -OCH3 is 1. The summed E-state index contributed by atoms with van der Waals surface area (Å²) in [5.74, 6) is 0.824. The molecule has 3 aromatic carbocycles. The molecular weight excluding hydrogens is 696 g/mol. The molecule has 2 heterocycles. The van der Waals surface area contributed by atoms with Gasteiger partial charge in [0.05, 0.1) is 40.0 Å². The molecule has 1 aromatic heterocycles. The number of hydrogen-bond donors (Lipinski definition) is 0. The molecule has 4 aromatic rings. The molecule has 5 rings (SSSR count). The number of nitrogens with zero attached hydrogens (tertiary/aromatic N) is 2. The SMILES string of the molecule is CCCC1=C(C(=O)OCC)[C@H](c2ccc(OC)c(Br)c2)n2c(s/c(=C\c3ccccc3OCc3ccc(Br)cc3)c2=O)=N1. The van der Waals surface area contributed by atoms with E-state index < -0.39 is 12.0 Å². The van der Waals surface area contributed by atoms with E-state index in [1.165, 1.54) is 11.3 Å². The van der Waals surface area contributed by atoms with Gasteiger partial charge in [-0.3, -0.25) is 9.36 Å². The van der Waals surface area contributed by atoms with Crippen molar-refractivity contribution in [1.82, 2.24) is 4.57 Å². The molecular formula is C33H30Br2N2O5S. The Morgan fingerprint density at radius 1 is 1.05 bits per heavy atom. The summed E-state index contributed by atoms with van der Waals surface area (Å²) in [5, 5.41) is 0. The van der Waals surface area contributed by atoms with Crippen LogP contribution < -0.4 is 24.4 Å². The quantitative estimate of drug-likeness (QED) is 0.170. The Bertz CT molecular complexity index is 1860. The first-order valence-electron chi connectivity index (χ1n) is 13.9. The molecule has 10 heteroatoms. The lowest BCUT2D eigenvalue weighted by atomic mass is 9.94. The fraction of sp³-hybridized carbons (Fsp3) is 0.242. The first-order chi connectivity index (χ1) is 20.8. The fourth-order valence-electron chi connectivity index (χ4n) is 4.90. The van der Waals surface area contributed by atoms with Gasteiger partial charge in [0, 0.05) is 10.0 Å². The summed E-state index contributed by atoms with van der Waals surface area (Å²) in [7, 11) is 1.59. The first kappa shape index (κ1) is 31.0. The Morgan fingerprint density at radius 2 is 1.81 bits per heavy atom. The molecule has 0 saturated carbocycles. The van der Waals surface area contributed by atoms with Gasteiger partial charge in [0.25, 0.3) is 5.56 Å². The summed E-state index contributed by atoms with van der Waals surface area (Å²) in [6.45, 7) is 4.39. The van der Waals surface area contributed by atoms with Crippen molar-refractivity contribution in [2.75, 3.05) is 13.7 Å². The van der Waals surface area contributed by atoms with E-state index in [1.807, 2.05) is 79.7 Å². The number of esters is 1. The lowest BCUT2D eigenvalue weighted by molar-refractivity contribution is -0.139. The van der Waals surface area contributed by atoms with Crippen LogP contribution in [0, 0.1) is 0 Å². The van der Waals surface area contributed by atoms with E-state index in [9.17, 15) is 9.59 Å². The number of fused-ring (bicyclic) bond motifs is 1. The van der Waals surface area contributed by atoms with Crippen molar-refractivity contribution in [2.24, 2.45) is 4.99 Å². The van der Waals surface area contributed by atoms with Crippen molar-refractivity contribution in [2.45, 2.75) is 39.3 Å². The molecule has 222 valence electrons. The van der Waals surface area contributed by atoms with E-state index in [0.29, 0.717) is 49.6 Å². The molecule has 43 heavy (non-hydrogen) atoms. The van der Waals surface area contributed by atoms with Crippen LogP contribution in [-0.2, 0) is 16.1 Å². The summed E-state index contributed by atoms with van der Waals surface area (Å²) in [4.78, 5) is 33.0. The normalized spacial score (nSPS) is 14.7. The van der Waals surface area contributed by atoms with E-state index in [2.05, 4.69) is 31.9 Å². The minimum Gasteiger partial charge on any atom is -0.496 e. The van der Waals surface area contributed by atoms with Crippen molar-refractivity contribution < 1.29 is 19.0 Å². The van der Waals surface area contributed by atoms with Crippen molar-refractivity contribution in [3.8, 4) is 11.5 Å². The molecule has 7 nitrogen and oxygen atoms in total. The number of para-hydroxylation sites is 1. The number of carbonyl (C=O) groups is 1. The Labute approximate surface area is 270 Å². The van der Waals surface area contributed by atoms with Gasteiger partial charge in [-0.1, -0.05) is 77.0 Å². The van der Waals surface area contributed by atoms with Crippen LogP contribution in [0.1, 0.15) is 49.4 Å². The Kier molecular flexibility index (Phi) is 10.00. The van der Waals surface area contributed by atoms with Gasteiger partial charge in [-0.15, -0.1) is 0 Å². The second-order valence-corrected chi connectivity index (χ2v) is 12.5. The van der Waals surface area contributed by atoms with E-state index in [0.717, 1.165) is 27.6 Å². The monoisotopic (exact) mass is 724 g/mol. The van der Waals surface area contributed by atoms with Crippen LogP contribution in [0.2, 0.25) is 0 Å². The highest BCUT2D eigenvalue weighted by Crippen LogP contribution is 2.36. The zero-order chi connectivity index (χ0) is 30.5. The predicted octanol–water partition coefficient (Wildman–Crippen LogP) is 6.69. The fourth-order valence-corrected chi connectivity index (χ4v) is 6.74. The van der Waals surface area contributed by atoms with Crippen LogP contribution in [0.15, 0.2) is 96.7 Å². The maximum atomic E-state index is 14.1. The van der Waals surface area contributed by atoms with E-state index in [-0.39, 0.29) is 12.2 Å². The Balaban J connectivity index is 1.64. The summed E-state index contributed by atoms with van der Waals surface area (Å²) < 4.78 is 20.9. The van der Waals surface area contributed by atoms with Crippen LogP contribution in [0.5, 0.6) is 11.5 Å². The summed E-state index contributed by atoms with van der Waals surface area (Å²) in [6, 6.07) is 20.4. The van der Waals surface area contributed by atoms with Gasteiger partial charge >= 0.3 is 5.97 Å². The largest absolute Gasteiger partial charge is 0.496 e. The summed E-state index contributed by atoms with van der Waals surface area (Å²) in [6.07, 6.45) is 3.17. The van der Waals surface area contributed by atoms with Crippen LogP contribution in [-0.4, -0.2) is 24.3 Å². The molecule has 0 fully saturated rings. The molecule has 1 aliphatic heterocycles. The number of halogens is 2. The molecule has 0 spiro atoms. The molecule has 1 aliphatic rings. The second-order valence-electron chi connectivity index (χ2n) is 9.76. The predicted molar refractivity (Wildman–Crippen MR) is 175 cm³/mol. The number of rotatable bonds is 10. The van der Waals surface area contributed by atoms with Crippen molar-refractivity contribution in [3.63, 3.8) is 0 Å². The van der Waals surface area contributed by atoms with E-state index >= 15 is 0 Å². The van der Waals surface area contributed by atoms with Gasteiger partial charge in [0.15, 0.2) is 4.80 Å². The van der Waals surface area contributed by atoms with Crippen molar-refractivity contribution >= 4 is 55.2 Å². The van der Waals surface area contributed by atoms with Gasteiger partial charge in [-0.2, -0.15) is 0 Å². The van der Waals surface area contributed by atoms with Gasteiger partial charge in [0.2, 0.25) is 0 Å². The number of benzene rings is 3. The Morgan fingerprint density at radius 3 is 2.51 bits per heavy atom. The number of ether oxygens (including phenoxy) is 3. The smallest absolute Gasteiger partial charge is 0.338 e. The van der Waals surface area contributed by atoms with Crippen LogP contribution >= 0.6 is 43.2 Å². The average molecular weight is 726 g/mol. The van der Waals surface area contributed by atoms with Crippen LogP contribution in [0.25, 0.3) is 6.08 Å². The van der Waals surface area contributed by atoms with Gasteiger partial charge in [-0.25, -0.2) is 9.79 Å². The highest BCUT2D eigenvalue weighted by molar-refractivity contribution is 9.10. The number of hydrogen-bond acceptors (Lipinski definition) is 7. The molecule has 0 amide bonds. The summed E-state index contributed by atoms with van der Waals surface area (Å²) >= 11 is 8.32. The minimum absolute atomic E-state index is 0.211. The number of allylic oxidation sites excluding steroid dienone is 1. The summed E-state index contributed by atoms with van der Waals surface area (Å²) in [5.41, 5.74) is 3.29. The molecule has 0 bridgehead atoms. The topological polar surface area (TPSA) is 79.1 Å². The zero-order valence-corrected chi connectivity index (χ0v) is 27.9. The average Bonchev–Trinajstić information content (AvgIpc) is 3.31. The molecule has 0 saturated heterocycles. The zero-order valence-electron chi connectivity index (χ0n) is 23.9. The highest BCUT2D eigenvalue weighted by Gasteiger charge is 2.34. The number of aromatic nitrogens is 1. The van der Waals surface area contributed by atoms with E-state index in [4.69, 9.17) is 19.2 Å². The molecule has 0 radical (unpaired) electrons. The second kappa shape index (κ2) is 13.9. The van der Waals surface area contributed by atoms with Gasteiger partial charge < -0.3 is 14.2 Å². The van der Waals surface area contributed by atoms with E-state index in [1.54, 1.807) is 18.6 Å². The standard InChI is InChI=1S/C33H30Br2N2O5S/c1-4-8-25-29(32(39)41-5-2)30(22-13-16-27(40-3)24(35)17-22)37-31(38)28(43-33(37)36-25)18-21-9-6-7-10-26(21)42-19-20-11-14-23(34)15-12-20/h6-7,9-18,30H,4-5,8,19H2,1-3H3/b28-18-/t30-/m0/s1. The molecule has 1 atom stereocenters. The Hall–Kier alpha value is -3.47. The first-order valence-corrected chi connectivity index (χ1v) is 16.3. The maximum Gasteiger partial charge on any atom is 0.338 e. The lowest BCUT2D eigenvalue weighted by Gasteiger charge is -2.26. The highest BCUT2D eigenvalue weighted by atomic mass is 79.9. The maximum absolute atomic E-state index is 14.1. The molecule has 0 unspecified atom stereocenters. The lowest BCUT2D eigenvalue weighted by Crippen LogP contribution is -2.40.